The number of nitrogens with zero attached hydrogens (tertiary/aromatic N) is 14. The predicted molar refractivity (Wildman–Crippen MR) is 565 cm³/mol. The molecular weight excluding hydrogens is 1860 g/mol. The summed E-state index contributed by atoms with van der Waals surface area (Å²) in [4.78, 5) is 45.3. The van der Waals surface area contributed by atoms with E-state index in [0.29, 0.717) is 72.6 Å². The van der Waals surface area contributed by atoms with Crippen LogP contribution < -0.4 is 27.5 Å². The van der Waals surface area contributed by atoms with Gasteiger partial charge in [0.05, 0.1) is 43.2 Å². The minimum Gasteiger partial charge on any atom is -0.391 e. The van der Waals surface area contributed by atoms with Crippen molar-refractivity contribution in [2.45, 2.75) is 186 Å². The number of methoxy groups -OCH3 is 1. The first-order valence-electron chi connectivity index (χ1n) is 45.0. The molecule has 17 N–H and O–H groups in total. The molecule has 6 saturated heterocycles. The minimum absolute atomic E-state index is 0.0643. The summed E-state index contributed by atoms with van der Waals surface area (Å²) in [6.45, 7) is 37.7. The highest BCUT2D eigenvalue weighted by atomic mass is 31.2. The van der Waals surface area contributed by atoms with Crippen molar-refractivity contribution in [2.75, 3.05) is 173 Å². The van der Waals surface area contributed by atoms with Crippen LogP contribution in [0.4, 0.5) is 0 Å². The lowest BCUT2D eigenvalue weighted by Crippen LogP contribution is -2.47. The standard InChI is InChI=1S/3C16H28N3O3P.C15H26N3O4P.C15H26N3O3P.C14H24N3O4P/c2*1-11-17-13(18(2)3)7-9-19(11)16-15(21)14(20)12(22-16)8-10-23(4,5)6;1-11-18-13(17-2)7-9-19(11)16-15(21-3)14(20)12(22-16)8-10-23(4,5)6;1-9-17-14(16)10(8-19)7-18(9)15-13(21)12(20)11(22-15)5-6-23(2,3)4;1-10-17-12(16-2)6-8-18(10)15-14(20)13(19)11(21-15)7-9-22(3,4)5;1-16-10(15)5-7-17(14(16)20)13-12(19)11(18)9(21-13)6-8-22(2,3)4/h2*7,9,12,14-16,20-21H,1,4,8,10H2,2-3,5-6H3;7,9,12,14-16,20H,1,4,8,10H2,2-3,5-6H3,(H,17,18);7,11-13,15,19-21H,1-2,5-6,8H2,3-4H3,(H2,16,17);6,8,11,13-15,19-20H,1,3,7,9H2,2,4-5H3,(H,16,17);5,7,9,11-13,15,18-19H,2,6,8H2,1,3-4H3/t3*12-,14-,15-,16-;11-,12-,13-,15-;11-,13-,14-,15-;9-,11-,12-,13-/m111111/s1. The summed E-state index contributed by atoms with van der Waals surface area (Å²) in [6.07, 6.45) is 34.2. The normalized spacial score (nSPS) is 31.9. The van der Waals surface area contributed by atoms with E-state index in [2.05, 4.69) is 186 Å². The number of hydrogen-bond acceptors (Lipinski definition) is 34. The van der Waals surface area contributed by atoms with Gasteiger partial charge in [-0.05, 0) is 186 Å². The van der Waals surface area contributed by atoms with Gasteiger partial charge in [0.15, 0.2) is 37.4 Å². The SMILES string of the molecule is C=C1N=C(N(C)C)C=CN1[C@@H]1O[C@H](CCP(=C)(C)C)[C@@H](O)[C@H]1O.C=C1N=C(N(C)C)C=CN1[C@@H]1O[C@H](CCP(=C)(C)C)[C@@H](O)[C@H]1O.C=C1N=C(N)C(CO)=CN1[C@@H]1O[C@H](CCP(=C)(C)C)[C@@H](O)[C@H]1O.C=C1NC(=NC)C=CN1[C@@H]1O[C@H](CCP(=C)(C)C)[C@@H](O)[C@H]1O.C=C1NC(=NC)C=CN1[C@@H]1O[C@H](CCP(=C)(C)C)[C@@H](O)[C@H]1OC.C=P(C)(C)CC[C@H]1O[C@@H](n2ccc(=N)n(C)c2=O)[C@H](O)[C@@H]1O. The Kier molecular flexibility index (Phi) is 42.3. The van der Waals surface area contributed by atoms with Crippen molar-refractivity contribution < 1.29 is 94.4 Å². The molecule has 24 atom stereocenters. The van der Waals surface area contributed by atoms with Crippen LogP contribution in [-0.4, -0.2) is 486 Å². The van der Waals surface area contributed by atoms with E-state index in [0.717, 1.165) is 65.5 Å². The first kappa shape index (κ1) is 116. The van der Waals surface area contributed by atoms with Crippen molar-refractivity contribution in [1.29, 1.82) is 5.41 Å². The Bertz CT molecular complexity index is 5010. The summed E-state index contributed by atoms with van der Waals surface area (Å²) in [6, 6.07) is 1.45. The second-order valence-electron chi connectivity index (χ2n) is 40.1. The van der Waals surface area contributed by atoms with E-state index in [9.17, 15) is 66.1 Å². The fourth-order valence-corrected chi connectivity index (χ4v) is 21.3. The molecule has 768 valence electrons. The van der Waals surface area contributed by atoms with Crippen molar-refractivity contribution in [3.63, 3.8) is 0 Å². The average molecular weight is 2020 g/mol. The molecule has 1 aromatic heterocycles. The Morgan fingerprint density at radius 3 is 1.01 bits per heavy atom. The maximum Gasteiger partial charge on any atom is 0.331 e. The van der Waals surface area contributed by atoms with Gasteiger partial charge in [0.25, 0.3) is 0 Å². The second kappa shape index (κ2) is 49.4. The molecule has 1 aromatic rings. The van der Waals surface area contributed by atoms with E-state index in [1.807, 2.05) is 67.3 Å². The van der Waals surface area contributed by atoms with E-state index in [-0.39, 0.29) is 30.1 Å². The molecule has 38 nitrogen and oxygen atoms in total. The molecule has 12 heterocycles. The molecule has 0 aliphatic carbocycles. The van der Waals surface area contributed by atoms with Gasteiger partial charge in [0, 0.05) is 99.2 Å². The van der Waals surface area contributed by atoms with Gasteiger partial charge in [-0.3, -0.25) is 24.5 Å². The molecule has 0 spiro atoms. The highest BCUT2D eigenvalue weighted by Crippen LogP contribution is 2.46. The number of nitrogens with one attached hydrogen (secondary N) is 3. The topological polar surface area (TPSA) is 493 Å². The molecule has 0 bridgehead atoms. The third kappa shape index (κ3) is 32.5. The van der Waals surface area contributed by atoms with Crippen molar-refractivity contribution in [3.05, 3.63) is 151 Å². The van der Waals surface area contributed by atoms with Crippen LogP contribution in [0.5, 0.6) is 0 Å². The number of likely N-dealkylation sites (N-methyl/N-ethyl adjacent to an activating group) is 2. The van der Waals surface area contributed by atoms with Crippen LogP contribution in [0, 0.1) is 5.41 Å². The molecule has 0 saturated carbocycles. The summed E-state index contributed by atoms with van der Waals surface area (Å²) >= 11 is 0. The summed E-state index contributed by atoms with van der Waals surface area (Å²) < 4.78 is 43.2. The van der Waals surface area contributed by atoms with E-state index in [1.54, 1.807) is 66.8 Å². The quantitative estimate of drug-likeness (QED) is 0.0590. The number of ether oxygens (including phenoxy) is 7. The van der Waals surface area contributed by atoms with E-state index in [1.165, 1.54) is 28.8 Å². The Labute approximate surface area is 805 Å². The number of aliphatic hydroxyl groups is 12. The number of amidine groups is 5. The first-order chi connectivity index (χ1) is 62.9. The Balaban J connectivity index is 0.000000222. The third-order valence-corrected chi connectivity index (χ3v) is 32.7. The zero-order valence-corrected chi connectivity index (χ0v) is 88.7. The lowest BCUT2D eigenvalue weighted by molar-refractivity contribution is -0.0709. The highest BCUT2D eigenvalue weighted by Gasteiger charge is 2.52. The highest BCUT2D eigenvalue weighted by molar-refractivity contribution is 7.73. The van der Waals surface area contributed by atoms with Gasteiger partial charge in [-0.25, -0.2) is 19.8 Å². The van der Waals surface area contributed by atoms with Gasteiger partial charge in [0.1, 0.15) is 137 Å². The Hall–Kier alpha value is -6.53. The molecule has 6 fully saturated rings. The number of aromatic nitrogens is 2. The number of aliphatic hydroxyl groups excluding tert-OH is 12. The molecule has 0 aromatic carbocycles. The fraction of sp³-hybridized carbons (Fsp3) is 0.620. The second-order valence-corrected chi connectivity index (χ2v) is 66.0. The number of hydrogen-bond donors (Lipinski definition) is 16. The first-order valence-corrected chi connectivity index (χ1v) is 63.3. The molecule has 0 radical (unpaired) electrons. The van der Waals surface area contributed by atoms with Gasteiger partial charge in [-0.1, -0.05) is 32.9 Å². The number of nitrogens with two attached hydrogens (primary N) is 1. The fourth-order valence-electron chi connectivity index (χ4n) is 15.6. The van der Waals surface area contributed by atoms with Crippen molar-refractivity contribution in [1.82, 2.24) is 54.1 Å². The molecule has 0 unspecified atom stereocenters. The van der Waals surface area contributed by atoms with Crippen LogP contribution in [0.3, 0.4) is 0 Å². The summed E-state index contributed by atoms with van der Waals surface area (Å²) in [5.74, 6) is 5.63. The third-order valence-electron chi connectivity index (χ3n) is 23.8. The minimum atomic E-state index is -1.25. The number of aliphatic imine (C=N–C) groups is 5. The molecule has 12 rings (SSSR count). The maximum atomic E-state index is 12.2. The van der Waals surface area contributed by atoms with Gasteiger partial charge in [-0.15, -0.1) is 79.1 Å². The summed E-state index contributed by atoms with van der Waals surface area (Å²) in [7, 11) is 14.1. The van der Waals surface area contributed by atoms with Crippen LogP contribution in [0.1, 0.15) is 44.8 Å². The van der Waals surface area contributed by atoms with Gasteiger partial charge < -0.3 is 145 Å². The summed E-state index contributed by atoms with van der Waals surface area (Å²) in [5.41, 5.74) is 5.72. The van der Waals surface area contributed by atoms with Crippen LogP contribution in [0.2, 0.25) is 0 Å². The van der Waals surface area contributed by atoms with Gasteiger partial charge in [-0.2, -0.15) is 0 Å². The molecule has 11 aliphatic heterocycles. The van der Waals surface area contributed by atoms with E-state index >= 15 is 0 Å². The van der Waals surface area contributed by atoms with Crippen LogP contribution in [0.15, 0.2) is 165 Å². The molecule has 0 amide bonds. The number of rotatable bonds is 26. The molecule has 44 heteroatoms. The zero-order valence-electron chi connectivity index (χ0n) is 83.3. The van der Waals surface area contributed by atoms with Gasteiger partial charge in [0.2, 0.25) is 0 Å². The monoisotopic (exact) mass is 2020 g/mol. The molecular formula is C92H160N18O20P6. The maximum absolute atomic E-state index is 12.2. The van der Waals surface area contributed by atoms with Crippen molar-refractivity contribution >= 4 is 108 Å². The molecule has 136 heavy (non-hydrogen) atoms. The van der Waals surface area contributed by atoms with Crippen molar-refractivity contribution in [2.24, 2.45) is 37.7 Å². The Morgan fingerprint density at radius 2 is 0.721 bits per heavy atom. The predicted octanol–water partition coefficient (Wildman–Crippen LogP) is 2.08. The van der Waals surface area contributed by atoms with Gasteiger partial charge >= 0.3 is 5.69 Å². The van der Waals surface area contributed by atoms with E-state index in [4.69, 9.17) is 44.3 Å². The van der Waals surface area contributed by atoms with Crippen molar-refractivity contribution in [3.8, 4) is 0 Å². The van der Waals surface area contributed by atoms with Crippen LogP contribution in [0.25, 0.3) is 0 Å². The smallest absolute Gasteiger partial charge is 0.331 e. The van der Waals surface area contributed by atoms with Crippen LogP contribution >= 0.6 is 41.3 Å². The lowest BCUT2D eigenvalue weighted by atomic mass is 10.1. The zero-order chi connectivity index (χ0) is 102. The summed E-state index contributed by atoms with van der Waals surface area (Å²) in [5, 5.41) is 136. The average Bonchev–Trinajstić information content (AvgIpc) is 1.61. The Morgan fingerprint density at radius 1 is 0.441 bits per heavy atom. The largest absolute Gasteiger partial charge is 0.391 e. The lowest BCUT2D eigenvalue weighted by Gasteiger charge is -2.34. The van der Waals surface area contributed by atoms with E-state index < -0.39 is 182 Å². The van der Waals surface area contributed by atoms with Crippen LogP contribution in [-0.2, 0) is 40.2 Å². The molecule has 11 aliphatic rings.